The van der Waals surface area contributed by atoms with Crippen molar-refractivity contribution in [1.29, 1.82) is 5.26 Å². The van der Waals surface area contributed by atoms with Gasteiger partial charge in [-0.1, -0.05) is 0 Å². The molecule has 0 saturated carbocycles. The molecular formula is C14H12F4N2O2. The van der Waals surface area contributed by atoms with Crippen LogP contribution in [0.3, 0.4) is 0 Å². The van der Waals surface area contributed by atoms with Crippen LogP contribution in [-0.4, -0.2) is 24.2 Å². The highest BCUT2D eigenvalue weighted by Crippen LogP contribution is 2.38. The molecule has 1 aliphatic rings. The van der Waals surface area contributed by atoms with Crippen molar-refractivity contribution in [3.8, 4) is 6.07 Å². The third-order valence-corrected chi connectivity index (χ3v) is 3.71. The molecule has 1 fully saturated rings. The maximum atomic E-state index is 14.2. The molecule has 0 aromatic heterocycles. The second-order valence-corrected chi connectivity index (χ2v) is 5.03. The highest BCUT2D eigenvalue weighted by Gasteiger charge is 2.39. The summed E-state index contributed by atoms with van der Waals surface area (Å²) >= 11 is 0. The third kappa shape index (κ3) is 2.98. The van der Waals surface area contributed by atoms with E-state index >= 15 is 0 Å². The molecule has 4 nitrogen and oxygen atoms in total. The fourth-order valence-corrected chi connectivity index (χ4v) is 2.55. The van der Waals surface area contributed by atoms with Crippen molar-refractivity contribution in [2.45, 2.75) is 19.0 Å². The highest BCUT2D eigenvalue weighted by molar-refractivity contribution is 5.70. The van der Waals surface area contributed by atoms with Gasteiger partial charge in [0, 0.05) is 13.1 Å². The van der Waals surface area contributed by atoms with Gasteiger partial charge in [0.1, 0.15) is 5.56 Å². The number of benzene rings is 1. The second kappa shape index (κ2) is 5.83. The molecule has 0 amide bonds. The van der Waals surface area contributed by atoms with Gasteiger partial charge in [0.05, 0.1) is 23.2 Å². The molecule has 118 valence electrons. The number of nitrogens with zero attached hydrogens (tertiary/aromatic N) is 2. The average molecular weight is 316 g/mol. The minimum atomic E-state index is -4.97. The Balaban J connectivity index is 2.35. The predicted molar refractivity (Wildman–Crippen MR) is 68.7 cm³/mol. The molecule has 0 spiro atoms. The summed E-state index contributed by atoms with van der Waals surface area (Å²) in [4.78, 5) is 12.2. The summed E-state index contributed by atoms with van der Waals surface area (Å²) in [7, 11) is 0. The molecule has 2 rings (SSSR count). The molecule has 1 aliphatic heterocycles. The van der Waals surface area contributed by atoms with Crippen molar-refractivity contribution in [1.82, 2.24) is 0 Å². The van der Waals surface area contributed by atoms with Gasteiger partial charge in [0.25, 0.3) is 0 Å². The molecule has 1 saturated heterocycles. The van der Waals surface area contributed by atoms with Crippen LogP contribution in [0.2, 0.25) is 0 Å². The van der Waals surface area contributed by atoms with Crippen LogP contribution < -0.4 is 4.90 Å². The van der Waals surface area contributed by atoms with Crippen LogP contribution in [0.15, 0.2) is 12.1 Å². The van der Waals surface area contributed by atoms with E-state index < -0.39 is 35.0 Å². The van der Waals surface area contributed by atoms with Crippen molar-refractivity contribution < 1.29 is 27.5 Å². The number of carbonyl (C=O) groups is 1. The average Bonchev–Trinajstić information content (AvgIpc) is 2.45. The van der Waals surface area contributed by atoms with Gasteiger partial charge in [-0.2, -0.15) is 18.4 Å². The van der Waals surface area contributed by atoms with E-state index in [-0.39, 0.29) is 31.6 Å². The molecule has 22 heavy (non-hydrogen) atoms. The first-order valence-electron chi connectivity index (χ1n) is 6.53. The normalized spacial score (nSPS) is 16.4. The van der Waals surface area contributed by atoms with Gasteiger partial charge in [0.2, 0.25) is 0 Å². The second-order valence-electron chi connectivity index (χ2n) is 5.03. The van der Waals surface area contributed by atoms with Crippen molar-refractivity contribution in [2.75, 3.05) is 18.0 Å². The zero-order chi connectivity index (χ0) is 16.5. The Kier molecular flexibility index (Phi) is 4.26. The molecule has 1 aromatic rings. The zero-order valence-corrected chi connectivity index (χ0v) is 11.3. The number of halogens is 4. The number of rotatable bonds is 2. The van der Waals surface area contributed by atoms with Crippen LogP contribution in [0.25, 0.3) is 0 Å². The molecule has 0 aliphatic carbocycles. The van der Waals surface area contributed by atoms with E-state index in [4.69, 9.17) is 10.4 Å². The summed E-state index contributed by atoms with van der Waals surface area (Å²) in [5.74, 6) is -3.02. The lowest BCUT2D eigenvalue weighted by atomic mass is 9.96. The first-order valence-corrected chi connectivity index (χ1v) is 6.53. The number of piperidine rings is 1. The molecule has 0 bridgehead atoms. The molecule has 0 radical (unpaired) electrons. The minimum absolute atomic E-state index is 0.150. The number of carboxylic acids is 1. The van der Waals surface area contributed by atoms with Gasteiger partial charge in [-0.3, -0.25) is 4.79 Å². The number of hydrogen-bond donors (Lipinski definition) is 1. The van der Waals surface area contributed by atoms with Crippen LogP contribution in [0.4, 0.5) is 23.2 Å². The van der Waals surface area contributed by atoms with E-state index in [1.54, 1.807) is 0 Å². The summed E-state index contributed by atoms with van der Waals surface area (Å²) in [5, 5.41) is 17.6. The predicted octanol–water partition coefficient (Wildman–Crippen LogP) is 3.02. The fourth-order valence-electron chi connectivity index (χ4n) is 2.55. The van der Waals surface area contributed by atoms with Crippen LogP contribution in [0.5, 0.6) is 0 Å². The highest BCUT2D eigenvalue weighted by atomic mass is 19.4. The van der Waals surface area contributed by atoms with Crippen LogP contribution in [0, 0.1) is 23.1 Å². The number of hydrogen-bond acceptors (Lipinski definition) is 3. The van der Waals surface area contributed by atoms with E-state index in [2.05, 4.69) is 0 Å². The Morgan fingerprint density at radius 3 is 2.36 bits per heavy atom. The molecule has 8 heteroatoms. The summed E-state index contributed by atoms with van der Waals surface area (Å²) in [6.07, 6.45) is -4.50. The standard InChI is InChI=1S/C14H12F4N2O2/c15-12-10(20-5-3-8(4-6-20)13(21)22)2-1-9(7-19)11(12)14(16,17)18/h1-2,8H,3-6H2,(H,21,22). The lowest BCUT2D eigenvalue weighted by Gasteiger charge is -2.32. The number of anilines is 1. The van der Waals surface area contributed by atoms with Gasteiger partial charge < -0.3 is 10.0 Å². The minimum Gasteiger partial charge on any atom is -0.481 e. The van der Waals surface area contributed by atoms with Gasteiger partial charge in [-0.15, -0.1) is 0 Å². The van der Waals surface area contributed by atoms with Crippen LogP contribution >= 0.6 is 0 Å². The van der Waals surface area contributed by atoms with Crippen molar-refractivity contribution in [3.63, 3.8) is 0 Å². The SMILES string of the molecule is N#Cc1ccc(N2CCC(C(=O)O)CC2)c(F)c1C(F)(F)F. The number of aliphatic carboxylic acids is 1. The topological polar surface area (TPSA) is 64.3 Å². The van der Waals surface area contributed by atoms with Crippen LogP contribution in [-0.2, 0) is 11.0 Å². The Bertz CT molecular complexity index is 629. The van der Waals surface area contributed by atoms with Gasteiger partial charge in [-0.25, -0.2) is 4.39 Å². The lowest BCUT2D eigenvalue weighted by Crippen LogP contribution is -2.37. The molecule has 0 atom stereocenters. The molecule has 1 heterocycles. The lowest BCUT2D eigenvalue weighted by molar-refractivity contribution is -0.142. The summed E-state index contributed by atoms with van der Waals surface area (Å²) < 4.78 is 53.0. The van der Waals surface area contributed by atoms with Crippen molar-refractivity contribution in [3.05, 3.63) is 29.1 Å². The molecule has 1 N–H and O–H groups in total. The van der Waals surface area contributed by atoms with Gasteiger partial charge >= 0.3 is 12.1 Å². The Morgan fingerprint density at radius 1 is 1.32 bits per heavy atom. The number of carboxylic acid groups (broad SMARTS) is 1. The Hall–Kier alpha value is -2.30. The molecule has 1 aromatic carbocycles. The zero-order valence-electron chi connectivity index (χ0n) is 11.3. The third-order valence-electron chi connectivity index (χ3n) is 3.71. The van der Waals surface area contributed by atoms with E-state index in [1.165, 1.54) is 11.0 Å². The summed E-state index contributed by atoms with van der Waals surface area (Å²) in [6, 6.07) is 3.40. The van der Waals surface area contributed by atoms with Crippen molar-refractivity contribution >= 4 is 11.7 Å². The van der Waals surface area contributed by atoms with E-state index in [0.717, 1.165) is 12.1 Å². The number of alkyl halides is 3. The van der Waals surface area contributed by atoms with E-state index in [9.17, 15) is 22.4 Å². The first-order chi connectivity index (χ1) is 10.3. The van der Waals surface area contributed by atoms with Gasteiger partial charge in [0.15, 0.2) is 5.82 Å². The van der Waals surface area contributed by atoms with Crippen molar-refractivity contribution in [2.24, 2.45) is 5.92 Å². The fraction of sp³-hybridized carbons (Fsp3) is 0.429. The Morgan fingerprint density at radius 2 is 1.91 bits per heavy atom. The smallest absolute Gasteiger partial charge is 0.420 e. The molecule has 0 unspecified atom stereocenters. The monoisotopic (exact) mass is 316 g/mol. The van der Waals surface area contributed by atoms with E-state index in [1.807, 2.05) is 0 Å². The van der Waals surface area contributed by atoms with Crippen LogP contribution in [0.1, 0.15) is 24.0 Å². The first kappa shape index (κ1) is 16.1. The summed E-state index contributed by atoms with van der Waals surface area (Å²) in [5.41, 5.74) is -2.60. The maximum absolute atomic E-state index is 14.2. The Labute approximate surface area is 123 Å². The summed E-state index contributed by atoms with van der Waals surface area (Å²) in [6.45, 7) is 0.300. The van der Waals surface area contributed by atoms with E-state index in [0.29, 0.717) is 0 Å². The number of nitriles is 1. The largest absolute Gasteiger partial charge is 0.481 e. The maximum Gasteiger partial charge on any atom is 0.420 e. The van der Waals surface area contributed by atoms with Gasteiger partial charge in [-0.05, 0) is 25.0 Å². The molecular weight excluding hydrogens is 304 g/mol. The quantitative estimate of drug-likeness (QED) is 0.852.